The van der Waals surface area contributed by atoms with Crippen molar-refractivity contribution in [2.45, 2.75) is 40.0 Å². The molecule has 0 saturated heterocycles. The summed E-state index contributed by atoms with van der Waals surface area (Å²) in [5.74, 6) is -1.93. The maximum atomic E-state index is 13.0. The smallest absolute Gasteiger partial charge is 0.407 e. The predicted octanol–water partition coefficient (Wildman–Crippen LogP) is 4.51. The zero-order valence-corrected chi connectivity index (χ0v) is 20.3. The minimum atomic E-state index is -1.06. The highest BCUT2D eigenvalue weighted by Crippen LogP contribution is 2.44. The number of carboxylic acid groups (broad SMARTS) is 1. The van der Waals surface area contributed by atoms with E-state index in [0.717, 1.165) is 22.3 Å². The molecule has 0 aliphatic heterocycles. The Morgan fingerprint density at radius 3 is 2.09 bits per heavy atom. The van der Waals surface area contributed by atoms with Crippen LogP contribution in [0.1, 0.15) is 51.2 Å². The van der Waals surface area contributed by atoms with Crippen molar-refractivity contribution >= 4 is 18.0 Å². The van der Waals surface area contributed by atoms with Crippen molar-refractivity contribution in [1.82, 2.24) is 10.2 Å². The minimum Gasteiger partial charge on any atom is -0.480 e. The molecular weight excluding hydrogens is 432 g/mol. The van der Waals surface area contributed by atoms with E-state index >= 15 is 0 Å². The summed E-state index contributed by atoms with van der Waals surface area (Å²) in [6.45, 7) is 7.97. The van der Waals surface area contributed by atoms with Gasteiger partial charge in [-0.2, -0.15) is 0 Å². The molecule has 1 aliphatic carbocycles. The molecule has 3 rings (SSSR count). The fraction of sp³-hybridized carbons (Fsp3) is 0.444. The van der Waals surface area contributed by atoms with E-state index in [0.29, 0.717) is 6.42 Å². The lowest BCUT2D eigenvalue weighted by atomic mass is 9.84. The quantitative estimate of drug-likeness (QED) is 0.567. The number of alkyl carbamates (subject to hydrolysis) is 1. The Labute approximate surface area is 201 Å². The number of nitrogens with zero attached hydrogens (tertiary/aromatic N) is 1. The first-order chi connectivity index (χ1) is 16.1. The van der Waals surface area contributed by atoms with Crippen LogP contribution < -0.4 is 5.32 Å². The second kappa shape index (κ2) is 10.7. The summed E-state index contributed by atoms with van der Waals surface area (Å²) in [4.78, 5) is 38.0. The van der Waals surface area contributed by atoms with Crippen LogP contribution in [0, 0.1) is 11.3 Å². The molecule has 182 valence electrons. The van der Waals surface area contributed by atoms with Gasteiger partial charge < -0.3 is 20.1 Å². The molecule has 0 fully saturated rings. The summed E-state index contributed by atoms with van der Waals surface area (Å²) in [6.07, 6.45) is -0.0825. The average Bonchev–Trinajstić information content (AvgIpc) is 3.11. The Balaban J connectivity index is 1.64. The van der Waals surface area contributed by atoms with Gasteiger partial charge in [0.15, 0.2) is 0 Å². The number of likely N-dealkylation sites (N-methyl/N-ethyl adjacent to an activating group) is 1. The molecule has 1 aliphatic rings. The molecule has 7 heteroatoms. The molecule has 0 aromatic heterocycles. The lowest BCUT2D eigenvalue weighted by molar-refractivity contribution is -0.146. The molecule has 0 radical (unpaired) electrons. The van der Waals surface area contributed by atoms with Gasteiger partial charge in [0.1, 0.15) is 13.2 Å². The molecule has 2 N–H and O–H groups in total. The van der Waals surface area contributed by atoms with Crippen molar-refractivity contribution in [3.05, 3.63) is 59.7 Å². The molecule has 1 unspecified atom stereocenters. The van der Waals surface area contributed by atoms with Gasteiger partial charge >= 0.3 is 12.1 Å². The number of ether oxygens (including phenoxy) is 1. The van der Waals surface area contributed by atoms with Crippen molar-refractivity contribution < 1.29 is 24.2 Å². The SMILES string of the molecule is CCN(CC(=O)O)C(=O)C(CNC(=O)OCC1c2ccccc2-c2ccccc21)CC(C)(C)C. The number of carbonyl (C=O) groups excluding carboxylic acids is 2. The number of aliphatic carboxylic acids is 1. The van der Waals surface area contributed by atoms with Crippen molar-refractivity contribution in [3.8, 4) is 11.1 Å². The summed E-state index contributed by atoms with van der Waals surface area (Å²) in [6, 6.07) is 16.2. The second-order valence-corrected chi connectivity index (χ2v) is 9.91. The minimum absolute atomic E-state index is 0.0451. The van der Waals surface area contributed by atoms with E-state index in [1.54, 1.807) is 6.92 Å². The Morgan fingerprint density at radius 1 is 1.03 bits per heavy atom. The number of hydrogen-bond acceptors (Lipinski definition) is 4. The first kappa shape index (κ1) is 25.3. The summed E-state index contributed by atoms with van der Waals surface area (Å²) in [5, 5.41) is 11.9. The third-order valence-electron chi connectivity index (χ3n) is 6.06. The van der Waals surface area contributed by atoms with Gasteiger partial charge in [0.25, 0.3) is 0 Å². The van der Waals surface area contributed by atoms with Crippen LogP contribution in [-0.4, -0.2) is 54.2 Å². The van der Waals surface area contributed by atoms with Crippen LogP contribution in [0.25, 0.3) is 11.1 Å². The third-order valence-corrected chi connectivity index (χ3v) is 6.06. The van der Waals surface area contributed by atoms with Gasteiger partial charge in [-0.1, -0.05) is 69.3 Å². The molecule has 2 aromatic carbocycles. The number of hydrogen-bond donors (Lipinski definition) is 2. The maximum Gasteiger partial charge on any atom is 0.407 e. The summed E-state index contributed by atoms with van der Waals surface area (Å²) in [7, 11) is 0. The van der Waals surface area contributed by atoms with E-state index < -0.39 is 18.0 Å². The number of benzene rings is 2. The van der Waals surface area contributed by atoms with Gasteiger partial charge in [-0.3, -0.25) is 9.59 Å². The standard InChI is InChI=1S/C27H34N2O5/c1-5-29(16-24(30)31)25(32)18(14-27(2,3)4)15-28-26(33)34-17-23-21-12-8-6-10-19(21)20-11-7-9-13-22(20)23/h6-13,18,23H,5,14-17H2,1-4H3,(H,28,33)(H,30,31). The van der Waals surface area contributed by atoms with Crippen LogP contribution in [0.3, 0.4) is 0 Å². The highest BCUT2D eigenvalue weighted by Gasteiger charge is 2.31. The van der Waals surface area contributed by atoms with Crippen LogP contribution in [0.15, 0.2) is 48.5 Å². The molecule has 0 bridgehead atoms. The molecule has 2 aromatic rings. The summed E-state index contributed by atoms with van der Waals surface area (Å²) in [5.41, 5.74) is 4.39. The number of nitrogens with one attached hydrogen (secondary N) is 1. The molecular formula is C27H34N2O5. The largest absolute Gasteiger partial charge is 0.480 e. The number of fused-ring (bicyclic) bond motifs is 3. The monoisotopic (exact) mass is 466 g/mol. The Morgan fingerprint density at radius 2 is 1.59 bits per heavy atom. The molecule has 0 heterocycles. The van der Waals surface area contributed by atoms with Crippen LogP contribution in [0.5, 0.6) is 0 Å². The van der Waals surface area contributed by atoms with E-state index in [4.69, 9.17) is 9.84 Å². The first-order valence-corrected chi connectivity index (χ1v) is 11.7. The summed E-state index contributed by atoms with van der Waals surface area (Å²) >= 11 is 0. The van der Waals surface area contributed by atoms with Crippen molar-refractivity contribution in [3.63, 3.8) is 0 Å². The maximum absolute atomic E-state index is 13.0. The van der Waals surface area contributed by atoms with E-state index in [-0.39, 0.29) is 43.5 Å². The number of rotatable bonds is 9. The van der Waals surface area contributed by atoms with Crippen molar-refractivity contribution in [1.29, 1.82) is 0 Å². The third kappa shape index (κ3) is 6.16. The fourth-order valence-corrected chi connectivity index (χ4v) is 4.61. The Kier molecular flexibility index (Phi) is 7.97. The van der Waals surface area contributed by atoms with Gasteiger partial charge in [-0.05, 0) is 41.0 Å². The second-order valence-electron chi connectivity index (χ2n) is 9.91. The Hall–Kier alpha value is -3.35. The van der Waals surface area contributed by atoms with Crippen LogP contribution in [0.2, 0.25) is 0 Å². The molecule has 7 nitrogen and oxygen atoms in total. The van der Waals surface area contributed by atoms with Gasteiger partial charge in [0, 0.05) is 19.0 Å². The van der Waals surface area contributed by atoms with E-state index in [1.807, 2.05) is 45.0 Å². The number of carbonyl (C=O) groups is 3. The van der Waals surface area contributed by atoms with E-state index in [1.165, 1.54) is 4.90 Å². The first-order valence-electron chi connectivity index (χ1n) is 11.7. The van der Waals surface area contributed by atoms with Crippen molar-refractivity contribution in [2.75, 3.05) is 26.2 Å². The molecule has 0 saturated carbocycles. The van der Waals surface area contributed by atoms with Crippen LogP contribution in [-0.2, 0) is 14.3 Å². The zero-order valence-electron chi connectivity index (χ0n) is 20.3. The lowest BCUT2D eigenvalue weighted by Gasteiger charge is -2.29. The number of amides is 2. The Bertz CT molecular complexity index is 998. The van der Waals surface area contributed by atoms with Crippen molar-refractivity contribution in [2.24, 2.45) is 11.3 Å². The molecule has 1 atom stereocenters. The van der Waals surface area contributed by atoms with Gasteiger partial charge in [0.05, 0.1) is 5.92 Å². The average molecular weight is 467 g/mol. The molecule has 2 amide bonds. The lowest BCUT2D eigenvalue weighted by Crippen LogP contribution is -2.44. The van der Waals surface area contributed by atoms with Crippen LogP contribution in [0.4, 0.5) is 4.79 Å². The summed E-state index contributed by atoms with van der Waals surface area (Å²) < 4.78 is 5.58. The normalized spacial score (nSPS) is 13.5. The van der Waals surface area contributed by atoms with E-state index in [2.05, 4.69) is 29.6 Å². The van der Waals surface area contributed by atoms with Gasteiger partial charge in [0.2, 0.25) is 5.91 Å². The van der Waals surface area contributed by atoms with E-state index in [9.17, 15) is 14.4 Å². The number of carboxylic acids is 1. The molecule has 0 spiro atoms. The highest BCUT2D eigenvalue weighted by molar-refractivity contribution is 5.84. The topological polar surface area (TPSA) is 95.9 Å². The van der Waals surface area contributed by atoms with Gasteiger partial charge in [-0.15, -0.1) is 0 Å². The van der Waals surface area contributed by atoms with Crippen LogP contribution >= 0.6 is 0 Å². The highest BCUT2D eigenvalue weighted by atomic mass is 16.5. The fourth-order valence-electron chi connectivity index (χ4n) is 4.61. The predicted molar refractivity (Wildman–Crippen MR) is 131 cm³/mol. The zero-order chi connectivity index (χ0) is 24.9. The molecule has 34 heavy (non-hydrogen) atoms. The van der Waals surface area contributed by atoms with Gasteiger partial charge in [-0.25, -0.2) is 4.79 Å².